The first-order chi connectivity index (χ1) is 10.3. The Kier molecular flexibility index (Phi) is 8.62. The minimum absolute atomic E-state index is 0.0745. The van der Waals surface area contributed by atoms with Gasteiger partial charge in [0, 0.05) is 12.4 Å². The van der Waals surface area contributed by atoms with Crippen molar-refractivity contribution in [3.63, 3.8) is 0 Å². The van der Waals surface area contributed by atoms with E-state index in [1.165, 1.54) is 11.8 Å². The molecule has 0 bridgehead atoms. The number of aliphatic hydroxyl groups excluding tert-OH is 4. The van der Waals surface area contributed by atoms with Gasteiger partial charge in [0.1, 0.15) is 18.3 Å². The SMILES string of the molecule is CC(O)CCCOC1OC(CSCC(N)=O)C(O)C(O)C1O. The van der Waals surface area contributed by atoms with Gasteiger partial charge in [-0.3, -0.25) is 4.79 Å². The molecule has 6 unspecified atom stereocenters. The van der Waals surface area contributed by atoms with Crippen LogP contribution in [0, 0.1) is 0 Å². The molecular formula is C13H25NO7S. The molecule has 1 saturated heterocycles. The number of hydrogen-bond acceptors (Lipinski definition) is 8. The number of amides is 1. The summed E-state index contributed by atoms with van der Waals surface area (Å²) in [7, 11) is 0. The van der Waals surface area contributed by atoms with Crippen LogP contribution in [0.1, 0.15) is 19.8 Å². The van der Waals surface area contributed by atoms with Gasteiger partial charge in [-0.25, -0.2) is 0 Å². The average Bonchev–Trinajstić information content (AvgIpc) is 2.44. The molecule has 0 radical (unpaired) electrons. The van der Waals surface area contributed by atoms with E-state index in [2.05, 4.69) is 0 Å². The van der Waals surface area contributed by atoms with Gasteiger partial charge in [-0.1, -0.05) is 0 Å². The first kappa shape index (κ1) is 19.6. The number of nitrogens with two attached hydrogens (primary N) is 1. The highest BCUT2D eigenvalue weighted by Gasteiger charge is 2.44. The van der Waals surface area contributed by atoms with Crippen LogP contribution in [0.2, 0.25) is 0 Å². The van der Waals surface area contributed by atoms with Crippen LogP contribution >= 0.6 is 11.8 Å². The number of hydrogen-bond donors (Lipinski definition) is 5. The second kappa shape index (κ2) is 9.66. The van der Waals surface area contributed by atoms with Gasteiger partial charge in [-0.05, 0) is 19.8 Å². The van der Waals surface area contributed by atoms with Crippen molar-refractivity contribution in [1.82, 2.24) is 0 Å². The molecule has 1 aliphatic heterocycles. The first-order valence-electron chi connectivity index (χ1n) is 7.18. The van der Waals surface area contributed by atoms with Gasteiger partial charge in [-0.15, -0.1) is 11.8 Å². The number of rotatable bonds is 9. The molecule has 0 aromatic carbocycles. The molecular weight excluding hydrogens is 314 g/mol. The molecule has 6 N–H and O–H groups in total. The summed E-state index contributed by atoms with van der Waals surface area (Å²) in [5, 5.41) is 38.7. The lowest BCUT2D eigenvalue weighted by molar-refractivity contribution is -0.292. The van der Waals surface area contributed by atoms with Crippen molar-refractivity contribution < 1.29 is 34.7 Å². The molecule has 0 aliphatic carbocycles. The number of primary amides is 1. The van der Waals surface area contributed by atoms with Gasteiger partial charge in [0.25, 0.3) is 0 Å². The van der Waals surface area contributed by atoms with Crippen LogP contribution < -0.4 is 5.73 Å². The summed E-state index contributed by atoms with van der Waals surface area (Å²) in [6, 6.07) is 0. The molecule has 1 aliphatic rings. The topological polar surface area (TPSA) is 142 Å². The van der Waals surface area contributed by atoms with Crippen molar-refractivity contribution >= 4 is 17.7 Å². The molecule has 0 aromatic heterocycles. The van der Waals surface area contributed by atoms with Crippen LogP contribution in [0.5, 0.6) is 0 Å². The van der Waals surface area contributed by atoms with E-state index >= 15 is 0 Å². The van der Waals surface area contributed by atoms with E-state index in [0.717, 1.165) is 0 Å². The predicted molar refractivity (Wildman–Crippen MR) is 80.1 cm³/mol. The maximum Gasteiger partial charge on any atom is 0.227 e. The number of ether oxygens (including phenoxy) is 2. The van der Waals surface area contributed by atoms with E-state index in [1.54, 1.807) is 6.92 Å². The third-order valence-electron chi connectivity index (χ3n) is 3.24. The van der Waals surface area contributed by atoms with Gasteiger partial charge in [0.2, 0.25) is 5.91 Å². The van der Waals surface area contributed by atoms with E-state index < -0.39 is 42.7 Å². The third-order valence-corrected chi connectivity index (χ3v) is 4.30. The summed E-state index contributed by atoms with van der Waals surface area (Å²) >= 11 is 1.17. The summed E-state index contributed by atoms with van der Waals surface area (Å²) in [5.41, 5.74) is 5.03. The fourth-order valence-corrected chi connectivity index (χ4v) is 2.87. The summed E-state index contributed by atoms with van der Waals surface area (Å²) in [6.07, 6.45) is -5.18. The maximum atomic E-state index is 10.7. The Bertz CT molecular complexity index is 344. The van der Waals surface area contributed by atoms with E-state index in [0.29, 0.717) is 12.8 Å². The Balaban J connectivity index is 2.45. The van der Waals surface area contributed by atoms with Crippen molar-refractivity contribution in [2.75, 3.05) is 18.1 Å². The zero-order valence-corrected chi connectivity index (χ0v) is 13.3. The molecule has 1 heterocycles. The van der Waals surface area contributed by atoms with Crippen LogP contribution in [-0.2, 0) is 14.3 Å². The van der Waals surface area contributed by atoms with E-state index in [1.807, 2.05) is 0 Å². The molecule has 0 saturated carbocycles. The smallest absolute Gasteiger partial charge is 0.227 e. The van der Waals surface area contributed by atoms with Crippen LogP contribution in [0.25, 0.3) is 0 Å². The molecule has 6 atom stereocenters. The number of carbonyl (C=O) groups excluding carboxylic acids is 1. The Morgan fingerprint density at radius 1 is 1.32 bits per heavy atom. The van der Waals surface area contributed by atoms with Crippen LogP contribution in [0.4, 0.5) is 0 Å². The average molecular weight is 339 g/mol. The number of aliphatic hydroxyl groups is 4. The van der Waals surface area contributed by atoms with Crippen molar-refractivity contribution in [3.8, 4) is 0 Å². The zero-order valence-electron chi connectivity index (χ0n) is 12.5. The fraction of sp³-hybridized carbons (Fsp3) is 0.923. The van der Waals surface area contributed by atoms with Gasteiger partial charge in [0.05, 0.1) is 18.0 Å². The predicted octanol–water partition coefficient (Wildman–Crippen LogP) is -1.81. The molecule has 22 heavy (non-hydrogen) atoms. The summed E-state index contributed by atoms with van der Waals surface area (Å²) in [5.74, 6) is -0.172. The zero-order chi connectivity index (χ0) is 16.7. The highest BCUT2D eigenvalue weighted by Crippen LogP contribution is 2.24. The standard InChI is InChI=1S/C13H25NO7S/c1-7(15)3-2-4-20-13-12(19)11(18)10(17)8(21-13)5-22-6-9(14)16/h7-8,10-13,15,17-19H,2-6H2,1H3,(H2,14,16). The number of thioether (sulfide) groups is 1. The molecule has 0 spiro atoms. The molecule has 1 fully saturated rings. The summed E-state index contributed by atoms with van der Waals surface area (Å²) in [6.45, 7) is 1.91. The van der Waals surface area contributed by atoms with E-state index in [9.17, 15) is 20.1 Å². The quantitative estimate of drug-likeness (QED) is 0.309. The van der Waals surface area contributed by atoms with Gasteiger partial charge in [-0.2, -0.15) is 0 Å². The minimum atomic E-state index is -1.39. The number of carbonyl (C=O) groups is 1. The molecule has 9 heteroatoms. The lowest BCUT2D eigenvalue weighted by Crippen LogP contribution is -2.59. The fourth-order valence-electron chi connectivity index (χ4n) is 2.05. The molecule has 1 rings (SSSR count). The van der Waals surface area contributed by atoms with Crippen molar-refractivity contribution in [2.24, 2.45) is 5.73 Å². The van der Waals surface area contributed by atoms with E-state index in [4.69, 9.17) is 20.3 Å². The second-order valence-electron chi connectivity index (χ2n) is 5.36. The lowest BCUT2D eigenvalue weighted by atomic mass is 10.00. The molecule has 130 valence electrons. The van der Waals surface area contributed by atoms with Gasteiger partial charge < -0.3 is 35.6 Å². The normalized spacial score (nSPS) is 33.6. The van der Waals surface area contributed by atoms with Gasteiger partial charge >= 0.3 is 0 Å². The third kappa shape index (κ3) is 6.37. The Labute approximate surface area is 133 Å². The van der Waals surface area contributed by atoms with Crippen LogP contribution in [0.3, 0.4) is 0 Å². The minimum Gasteiger partial charge on any atom is -0.393 e. The summed E-state index contributed by atoms with van der Waals surface area (Å²) in [4.78, 5) is 10.7. The molecule has 0 aromatic rings. The van der Waals surface area contributed by atoms with Crippen LogP contribution in [0.15, 0.2) is 0 Å². The molecule has 1 amide bonds. The lowest BCUT2D eigenvalue weighted by Gasteiger charge is -2.40. The van der Waals surface area contributed by atoms with E-state index in [-0.39, 0.29) is 18.1 Å². The van der Waals surface area contributed by atoms with Crippen molar-refractivity contribution in [3.05, 3.63) is 0 Å². The van der Waals surface area contributed by atoms with Gasteiger partial charge in [0.15, 0.2) is 6.29 Å². The highest BCUT2D eigenvalue weighted by molar-refractivity contribution is 7.99. The highest BCUT2D eigenvalue weighted by atomic mass is 32.2. The Hall–Kier alpha value is -0.420. The van der Waals surface area contributed by atoms with Crippen molar-refractivity contribution in [2.45, 2.75) is 56.6 Å². The maximum absolute atomic E-state index is 10.7. The Morgan fingerprint density at radius 3 is 2.59 bits per heavy atom. The van der Waals surface area contributed by atoms with Crippen molar-refractivity contribution in [1.29, 1.82) is 0 Å². The molecule has 8 nitrogen and oxygen atoms in total. The largest absolute Gasteiger partial charge is 0.393 e. The van der Waals surface area contributed by atoms with Crippen LogP contribution in [-0.4, -0.2) is 81.3 Å². The first-order valence-corrected chi connectivity index (χ1v) is 8.33. The Morgan fingerprint density at radius 2 is 2.00 bits per heavy atom. The summed E-state index contributed by atoms with van der Waals surface area (Å²) < 4.78 is 10.8. The monoisotopic (exact) mass is 339 g/mol. The second-order valence-corrected chi connectivity index (χ2v) is 6.39.